The third kappa shape index (κ3) is 4.09. The lowest BCUT2D eigenvalue weighted by molar-refractivity contribution is -0.132. The molecule has 1 aromatic heterocycles. The van der Waals surface area contributed by atoms with Crippen LogP contribution in [0.25, 0.3) is 17.3 Å². The van der Waals surface area contributed by atoms with Crippen LogP contribution >= 0.6 is 0 Å². The van der Waals surface area contributed by atoms with Gasteiger partial charge in [-0.15, -0.1) is 0 Å². The summed E-state index contributed by atoms with van der Waals surface area (Å²) in [5.41, 5.74) is 2.30. The Bertz CT molecular complexity index is 1220. The van der Waals surface area contributed by atoms with Crippen LogP contribution in [0.3, 0.4) is 0 Å². The second-order valence-corrected chi connectivity index (χ2v) is 6.66. The normalized spacial score (nSPS) is 14.4. The van der Waals surface area contributed by atoms with Crippen LogP contribution < -0.4 is 9.47 Å². The molecule has 0 radical (unpaired) electrons. The highest BCUT2D eigenvalue weighted by Crippen LogP contribution is 2.31. The molecule has 31 heavy (non-hydrogen) atoms. The van der Waals surface area contributed by atoms with Crippen LogP contribution in [0.15, 0.2) is 63.7 Å². The lowest BCUT2D eigenvalue weighted by atomic mass is 10.1. The number of carbonyl (C=O) groups excluding carboxylic acids is 2. The highest BCUT2D eigenvalue weighted by atomic mass is 16.6. The van der Waals surface area contributed by atoms with Gasteiger partial charge in [-0.05, 0) is 31.2 Å². The van der Waals surface area contributed by atoms with E-state index in [4.69, 9.17) is 18.7 Å². The van der Waals surface area contributed by atoms with Crippen LogP contribution in [0, 0.1) is 6.92 Å². The maximum absolute atomic E-state index is 12.5. The number of rotatable bonds is 5. The zero-order valence-electron chi connectivity index (χ0n) is 17.0. The van der Waals surface area contributed by atoms with E-state index in [1.165, 1.54) is 20.1 Å². The number of benzene rings is 2. The average molecular weight is 418 g/mol. The Morgan fingerprint density at radius 2 is 1.90 bits per heavy atom. The van der Waals surface area contributed by atoms with Crippen molar-refractivity contribution in [2.24, 2.45) is 4.99 Å². The number of hydrogen-bond donors (Lipinski definition) is 0. The number of esters is 2. The van der Waals surface area contributed by atoms with Gasteiger partial charge in [0.1, 0.15) is 28.5 Å². The van der Waals surface area contributed by atoms with E-state index in [0.29, 0.717) is 28.3 Å². The molecule has 0 spiro atoms. The van der Waals surface area contributed by atoms with Gasteiger partial charge >= 0.3 is 11.9 Å². The molecular weight excluding hydrogens is 400 g/mol. The van der Waals surface area contributed by atoms with Gasteiger partial charge in [-0.25, -0.2) is 9.79 Å². The van der Waals surface area contributed by atoms with Gasteiger partial charge in [-0.1, -0.05) is 35.5 Å². The number of hydrogen-bond acceptors (Lipinski definition) is 8. The van der Waals surface area contributed by atoms with Crippen molar-refractivity contribution in [1.82, 2.24) is 5.16 Å². The van der Waals surface area contributed by atoms with Crippen molar-refractivity contribution < 1.29 is 28.3 Å². The van der Waals surface area contributed by atoms with E-state index in [1.54, 1.807) is 25.1 Å². The quantitative estimate of drug-likeness (QED) is 0.352. The Balaban J connectivity index is 1.77. The average Bonchev–Trinajstić information content (AvgIpc) is 3.31. The van der Waals surface area contributed by atoms with Gasteiger partial charge < -0.3 is 18.7 Å². The Labute approximate surface area is 177 Å². The molecule has 0 amide bonds. The molecule has 0 saturated carbocycles. The molecule has 0 aliphatic carbocycles. The first-order valence-electron chi connectivity index (χ1n) is 9.37. The molecule has 2 heterocycles. The van der Waals surface area contributed by atoms with E-state index in [1.807, 2.05) is 30.3 Å². The number of aromatic nitrogens is 1. The van der Waals surface area contributed by atoms with Gasteiger partial charge in [0.2, 0.25) is 5.90 Å². The van der Waals surface area contributed by atoms with Crippen molar-refractivity contribution in [3.05, 3.63) is 71.1 Å². The fourth-order valence-electron chi connectivity index (χ4n) is 3.09. The zero-order valence-corrected chi connectivity index (χ0v) is 17.0. The Hall–Kier alpha value is -4.20. The molecule has 1 aliphatic rings. The molecule has 8 nitrogen and oxygen atoms in total. The number of ether oxygens (including phenoxy) is 3. The fourth-order valence-corrected chi connectivity index (χ4v) is 3.09. The van der Waals surface area contributed by atoms with Crippen molar-refractivity contribution in [2.75, 3.05) is 7.11 Å². The van der Waals surface area contributed by atoms with Crippen molar-refractivity contribution in [3.8, 4) is 22.8 Å². The topological polar surface area (TPSA) is 100 Å². The molecular formula is C23H18N2O6. The predicted octanol–water partition coefficient (Wildman–Crippen LogP) is 3.93. The lowest BCUT2D eigenvalue weighted by Crippen LogP contribution is -2.07. The summed E-state index contributed by atoms with van der Waals surface area (Å²) in [6, 6.07) is 14.2. The summed E-state index contributed by atoms with van der Waals surface area (Å²) in [5, 5.41) is 4.09. The summed E-state index contributed by atoms with van der Waals surface area (Å²) in [6.07, 6.45) is 1.47. The third-order valence-electron chi connectivity index (χ3n) is 4.51. The maximum Gasteiger partial charge on any atom is 0.363 e. The fraction of sp³-hybridized carbons (Fsp3) is 0.130. The number of nitrogens with zero attached hydrogens (tertiary/aromatic N) is 2. The summed E-state index contributed by atoms with van der Waals surface area (Å²) in [7, 11) is 1.51. The monoisotopic (exact) mass is 418 g/mol. The van der Waals surface area contributed by atoms with E-state index in [0.717, 1.165) is 5.56 Å². The van der Waals surface area contributed by atoms with Crippen molar-refractivity contribution in [1.29, 1.82) is 0 Å². The van der Waals surface area contributed by atoms with Gasteiger partial charge in [0.05, 0.1) is 7.11 Å². The minimum Gasteiger partial charge on any atom is -0.497 e. The Kier molecular flexibility index (Phi) is 5.36. The van der Waals surface area contributed by atoms with Crippen LogP contribution in [-0.4, -0.2) is 30.1 Å². The second-order valence-electron chi connectivity index (χ2n) is 6.66. The van der Waals surface area contributed by atoms with Crippen molar-refractivity contribution in [3.63, 3.8) is 0 Å². The van der Waals surface area contributed by atoms with E-state index >= 15 is 0 Å². The molecule has 0 fully saturated rings. The maximum atomic E-state index is 12.5. The smallest absolute Gasteiger partial charge is 0.363 e. The first kappa shape index (κ1) is 20.1. The number of cyclic esters (lactones) is 1. The summed E-state index contributed by atoms with van der Waals surface area (Å²) >= 11 is 0. The SMILES string of the molecule is COc1ccc(OC(C)=O)c(/C=C2\N=C(c3c(-c4ccccc4)noc3C)OC2=O)c1. The number of carbonyl (C=O) groups is 2. The van der Waals surface area contributed by atoms with Crippen LogP contribution in [0.4, 0.5) is 0 Å². The van der Waals surface area contributed by atoms with E-state index in [-0.39, 0.29) is 17.3 Å². The number of methoxy groups -OCH3 is 1. The first-order valence-corrected chi connectivity index (χ1v) is 9.37. The molecule has 0 saturated heterocycles. The van der Waals surface area contributed by atoms with Crippen LogP contribution in [-0.2, 0) is 14.3 Å². The highest BCUT2D eigenvalue weighted by molar-refractivity contribution is 6.15. The van der Waals surface area contributed by atoms with E-state index in [2.05, 4.69) is 10.1 Å². The standard InChI is InChI=1S/C23H18N2O6/c1-13-20(21(25-31-13)15-7-5-4-6-8-15)22-24-18(23(27)30-22)12-16-11-17(28-3)9-10-19(16)29-14(2)26/h4-12H,1-3H3/b18-12-. The molecule has 3 aromatic rings. The molecule has 0 N–H and O–H groups in total. The molecule has 0 unspecified atom stereocenters. The van der Waals surface area contributed by atoms with Crippen molar-refractivity contribution >= 4 is 23.9 Å². The van der Waals surface area contributed by atoms with E-state index in [9.17, 15) is 9.59 Å². The summed E-state index contributed by atoms with van der Waals surface area (Å²) in [5.74, 6) is 0.212. The van der Waals surface area contributed by atoms with Gasteiger partial charge in [0.15, 0.2) is 5.70 Å². The van der Waals surface area contributed by atoms with Crippen molar-refractivity contribution in [2.45, 2.75) is 13.8 Å². The first-order chi connectivity index (χ1) is 15.0. The highest BCUT2D eigenvalue weighted by Gasteiger charge is 2.30. The minimum atomic E-state index is -0.647. The van der Waals surface area contributed by atoms with Crippen LogP contribution in [0.1, 0.15) is 23.8 Å². The van der Waals surface area contributed by atoms with Gasteiger partial charge in [-0.3, -0.25) is 4.79 Å². The lowest BCUT2D eigenvalue weighted by Gasteiger charge is -2.08. The molecule has 0 bridgehead atoms. The number of aryl methyl sites for hydroxylation is 1. The molecule has 1 aliphatic heterocycles. The van der Waals surface area contributed by atoms with Gasteiger partial charge in [-0.2, -0.15) is 0 Å². The van der Waals surface area contributed by atoms with Crippen LogP contribution in [0.2, 0.25) is 0 Å². The molecule has 2 aromatic carbocycles. The predicted molar refractivity (Wildman–Crippen MR) is 112 cm³/mol. The van der Waals surface area contributed by atoms with Gasteiger partial charge in [0.25, 0.3) is 0 Å². The summed E-state index contributed by atoms with van der Waals surface area (Å²) in [6.45, 7) is 3.01. The summed E-state index contributed by atoms with van der Waals surface area (Å²) < 4.78 is 21.2. The zero-order chi connectivity index (χ0) is 22.0. The molecule has 0 atom stereocenters. The van der Waals surface area contributed by atoms with Gasteiger partial charge in [0, 0.05) is 18.1 Å². The molecule has 8 heteroatoms. The van der Waals surface area contributed by atoms with E-state index < -0.39 is 11.9 Å². The number of aliphatic imine (C=N–C) groups is 1. The largest absolute Gasteiger partial charge is 0.497 e. The minimum absolute atomic E-state index is 0.0382. The second kappa shape index (κ2) is 8.27. The third-order valence-corrected chi connectivity index (χ3v) is 4.51. The molecule has 4 rings (SSSR count). The summed E-state index contributed by atoms with van der Waals surface area (Å²) in [4.78, 5) is 28.3. The van der Waals surface area contributed by atoms with Crippen LogP contribution in [0.5, 0.6) is 11.5 Å². The molecule has 156 valence electrons. The Morgan fingerprint density at radius 3 is 2.61 bits per heavy atom. The Morgan fingerprint density at radius 1 is 1.13 bits per heavy atom.